The highest BCUT2D eigenvalue weighted by Gasteiger charge is 2.08. The largest absolute Gasteiger partial charge is 0.496 e. The van der Waals surface area contributed by atoms with Crippen molar-refractivity contribution in [3.8, 4) is 28.9 Å². The zero-order chi connectivity index (χ0) is 25.2. The summed E-state index contributed by atoms with van der Waals surface area (Å²) in [6, 6.07) is 17.3. The molecule has 3 aromatic rings. The van der Waals surface area contributed by atoms with Gasteiger partial charge in [0.15, 0.2) is 0 Å². The van der Waals surface area contributed by atoms with Crippen LogP contribution in [0.25, 0.3) is 17.2 Å². The van der Waals surface area contributed by atoms with Crippen molar-refractivity contribution < 1.29 is 23.8 Å². The minimum absolute atomic E-state index is 0.0282. The molecule has 3 rings (SSSR count). The van der Waals surface area contributed by atoms with E-state index in [-0.39, 0.29) is 18.9 Å². The topological polar surface area (TPSA) is 150 Å². The summed E-state index contributed by atoms with van der Waals surface area (Å²) in [7, 11) is 1.53. The number of esters is 1. The number of carbonyl (C=O) groups is 2. The van der Waals surface area contributed by atoms with E-state index in [4.69, 9.17) is 30.9 Å². The number of hydrogen-bond donors (Lipinski definition) is 3. The third kappa shape index (κ3) is 7.00. The molecule has 0 aliphatic rings. The summed E-state index contributed by atoms with van der Waals surface area (Å²) in [6.45, 7) is -0.0918. The van der Waals surface area contributed by atoms with Crippen LogP contribution in [0, 0.1) is 11.5 Å². The van der Waals surface area contributed by atoms with Crippen molar-refractivity contribution in [1.82, 2.24) is 0 Å². The molecule has 0 bridgehead atoms. The molecule has 0 unspecified atom stereocenters. The lowest BCUT2D eigenvalue weighted by Gasteiger charge is -2.09. The lowest BCUT2D eigenvalue weighted by Crippen LogP contribution is -2.16. The maximum Gasteiger partial charge on any atom is 0.330 e. The molecule has 9 nitrogen and oxygen atoms in total. The lowest BCUT2D eigenvalue weighted by atomic mass is 10.0. The normalized spacial score (nSPS) is 10.4. The molecule has 0 aromatic heterocycles. The van der Waals surface area contributed by atoms with Gasteiger partial charge in [-0.3, -0.25) is 4.79 Å². The van der Waals surface area contributed by atoms with Gasteiger partial charge in [-0.1, -0.05) is 24.3 Å². The van der Waals surface area contributed by atoms with Crippen LogP contribution in [-0.4, -0.2) is 25.6 Å². The fourth-order valence-corrected chi connectivity index (χ4v) is 3.15. The first-order chi connectivity index (χ1) is 16.9. The molecule has 0 atom stereocenters. The first-order valence-corrected chi connectivity index (χ1v) is 10.5. The molecule has 3 aromatic carbocycles. The second kappa shape index (κ2) is 11.8. The van der Waals surface area contributed by atoms with E-state index >= 15 is 0 Å². The first kappa shape index (κ1) is 24.7. The molecular formula is C26H24N4O5. The van der Waals surface area contributed by atoms with Gasteiger partial charge in [0.05, 0.1) is 24.9 Å². The Morgan fingerprint density at radius 2 is 1.77 bits per heavy atom. The number of benzene rings is 3. The summed E-state index contributed by atoms with van der Waals surface area (Å²) in [5, 5.41) is 11.2. The van der Waals surface area contributed by atoms with Gasteiger partial charge in [0.2, 0.25) is 5.91 Å². The van der Waals surface area contributed by atoms with Crippen LogP contribution in [0.5, 0.6) is 11.5 Å². The van der Waals surface area contributed by atoms with Gasteiger partial charge >= 0.3 is 5.97 Å². The summed E-state index contributed by atoms with van der Waals surface area (Å²) in [5.41, 5.74) is 15.2. The van der Waals surface area contributed by atoms with E-state index in [1.807, 2.05) is 30.3 Å². The number of ether oxygens (including phenoxy) is 3. The number of nitrogen functional groups attached to an aromatic ring is 2. The summed E-state index contributed by atoms with van der Waals surface area (Å²) in [5.74, 6) is 0.0734. The third-order valence-corrected chi connectivity index (χ3v) is 4.91. The summed E-state index contributed by atoms with van der Waals surface area (Å²) in [6.07, 6.45) is 4.44. The Labute approximate surface area is 202 Å². The van der Waals surface area contributed by atoms with Crippen molar-refractivity contribution in [2.24, 2.45) is 0 Å². The van der Waals surface area contributed by atoms with E-state index in [0.29, 0.717) is 34.1 Å². The highest BCUT2D eigenvalue weighted by Crippen LogP contribution is 2.29. The van der Waals surface area contributed by atoms with Gasteiger partial charge in [0.25, 0.3) is 6.26 Å². The van der Waals surface area contributed by atoms with Crippen LogP contribution < -0.4 is 26.3 Å². The third-order valence-electron chi connectivity index (χ3n) is 4.91. The van der Waals surface area contributed by atoms with E-state index in [9.17, 15) is 9.59 Å². The molecule has 0 saturated carbocycles. The quantitative estimate of drug-likeness (QED) is 0.183. The van der Waals surface area contributed by atoms with Crippen LogP contribution in [0.3, 0.4) is 0 Å². The second-order valence-corrected chi connectivity index (χ2v) is 7.32. The van der Waals surface area contributed by atoms with Crippen molar-refractivity contribution in [2.45, 2.75) is 6.42 Å². The predicted octanol–water partition coefficient (Wildman–Crippen LogP) is 3.97. The highest BCUT2D eigenvalue weighted by molar-refractivity contribution is 5.94. The van der Waals surface area contributed by atoms with Crippen LogP contribution in [0.4, 0.5) is 17.1 Å². The number of nitrogens with zero attached hydrogens (tertiary/aromatic N) is 1. The van der Waals surface area contributed by atoms with E-state index in [2.05, 4.69) is 5.32 Å². The fraction of sp³-hybridized carbons (Fsp3) is 0.115. The van der Waals surface area contributed by atoms with Crippen molar-refractivity contribution in [1.29, 1.82) is 5.26 Å². The number of rotatable bonds is 9. The fourth-order valence-electron chi connectivity index (χ4n) is 3.15. The SMILES string of the molecule is COc1cc(-c2ccc(OC#N)cc2)ccc1/C=C/C(=O)OCCC(=O)Nc1ccc(N)cc1N. The number of amides is 1. The van der Waals surface area contributed by atoms with E-state index < -0.39 is 5.97 Å². The Bertz CT molecular complexity index is 1280. The Hall–Kier alpha value is -4.97. The van der Waals surface area contributed by atoms with E-state index in [0.717, 1.165) is 11.1 Å². The standard InChI is InChI=1S/C26H24N4O5/c1-33-24-14-19(17-4-8-21(9-5-17)35-16-27)3-2-18(24)6-11-26(32)34-13-12-25(31)30-23-10-7-20(28)15-22(23)29/h2-11,14-15H,12-13,28-29H2,1H3,(H,30,31)/b11-6+. The van der Waals surface area contributed by atoms with Gasteiger partial charge in [-0.15, -0.1) is 5.26 Å². The van der Waals surface area contributed by atoms with Crippen molar-refractivity contribution in [2.75, 3.05) is 30.5 Å². The molecule has 178 valence electrons. The van der Waals surface area contributed by atoms with Crippen LogP contribution in [0.1, 0.15) is 12.0 Å². The summed E-state index contributed by atoms with van der Waals surface area (Å²) >= 11 is 0. The van der Waals surface area contributed by atoms with Crippen molar-refractivity contribution in [3.05, 3.63) is 72.3 Å². The Morgan fingerprint density at radius 1 is 1.03 bits per heavy atom. The Balaban J connectivity index is 1.54. The number of carbonyl (C=O) groups excluding carboxylic acids is 2. The molecule has 0 heterocycles. The van der Waals surface area contributed by atoms with Gasteiger partial charge in [-0.25, -0.2) is 4.79 Å². The average Bonchev–Trinajstić information content (AvgIpc) is 2.85. The van der Waals surface area contributed by atoms with Crippen molar-refractivity contribution in [3.63, 3.8) is 0 Å². The number of nitrogens with two attached hydrogens (primary N) is 2. The molecule has 5 N–H and O–H groups in total. The number of hydrogen-bond acceptors (Lipinski definition) is 8. The molecule has 0 aliphatic heterocycles. The number of anilines is 3. The Kier molecular flexibility index (Phi) is 8.29. The average molecular weight is 473 g/mol. The van der Waals surface area contributed by atoms with E-state index in [1.54, 1.807) is 42.7 Å². The predicted molar refractivity (Wildman–Crippen MR) is 133 cm³/mol. The van der Waals surface area contributed by atoms with Crippen LogP contribution >= 0.6 is 0 Å². The van der Waals surface area contributed by atoms with Crippen molar-refractivity contribution >= 4 is 35.0 Å². The number of nitrogens with one attached hydrogen (secondary N) is 1. The van der Waals surface area contributed by atoms with Crippen LogP contribution in [-0.2, 0) is 14.3 Å². The minimum Gasteiger partial charge on any atom is -0.496 e. The monoisotopic (exact) mass is 472 g/mol. The smallest absolute Gasteiger partial charge is 0.330 e. The molecular weight excluding hydrogens is 448 g/mol. The summed E-state index contributed by atoms with van der Waals surface area (Å²) < 4.78 is 15.3. The molecule has 35 heavy (non-hydrogen) atoms. The van der Waals surface area contributed by atoms with Gasteiger partial charge in [0.1, 0.15) is 18.1 Å². The van der Waals surface area contributed by atoms with Gasteiger partial charge in [-0.2, -0.15) is 0 Å². The molecule has 9 heteroatoms. The molecule has 0 fully saturated rings. The van der Waals surface area contributed by atoms with Gasteiger partial charge < -0.3 is 31.0 Å². The molecule has 0 spiro atoms. The zero-order valence-electron chi connectivity index (χ0n) is 19.0. The molecule has 1 amide bonds. The molecule has 0 saturated heterocycles. The van der Waals surface area contributed by atoms with Crippen LogP contribution in [0.2, 0.25) is 0 Å². The number of methoxy groups -OCH3 is 1. The highest BCUT2D eigenvalue weighted by atomic mass is 16.5. The maximum atomic E-state index is 12.1. The van der Waals surface area contributed by atoms with Gasteiger partial charge in [0, 0.05) is 17.3 Å². The number of nitriles is 1. The minimum atomic E-state index is -0.594. The zero-order valence-corrected chi connectivity index (χ0v) is 19.0. The lowest BCUT2D eigenvalue weighted by molar-refractivity contribution is -0.138. The first-order valence-electron chi connectivity index (χ1n) is 10.5. The maximum absolute atomic E-state index is 12.1. The van der Waals surface area contributed by atoms with E-state index in [1.165, 1.54) is 13.2 Å². The summed E-state index contributed by atoms with van der Waals surface area (Å²) in [4.78, 5) is 24.1. The van der Waals surface area contributed by atoms with Gasteiger partial charge in [-0.05, 0) is 53.6 Å². The van der Waals surface area contributed by atoms with Crippen LogP contribution in [0.15, 0.2) is 66.7 Å². The molecule has 0 aliphatic carbocycles. The second-order valence-electron chi connectivity index (χ2n) is 7.32. The Morgan fingerprint density at radius 3 is 2.46 bits per heavy atom. The molecule has 0 radical (unpaired) electrons.